The molecule has 1 heterocycles. The summed E-state index contributed by atoms with van der Waals surface area (Å²) in [7, 11) is 0. The zero-order valence-electron chi connectivity index (χ0n) is 13.6. The normalized spacial score (nSPS) is 24.6. The Morgan fingerprint density at radius 2 is 1.53 bits per heavy atom. The molecule has 19 heavy (non-hydrogen) atoms. The van der Waals surface area contributed by atoms with Crippen LogP contribution in [0.4, 0.5) is 0 Å². The van der Waals surface area contributed by atoms with Crippen molar-refractivity contribution in [3.8, 4) is 0 Å². The quantitative estimate of drug-likeness (QED) is 0.800. The Hall–Kier alpha value is -0.160. The minimum absolute atomic E-state index is 0.132. The van der Waals surface area contributed by atoms with E-state index in [0.29, 0.717) is 13.2 Å². The molecule has 0 unspecified atom stereocenters. The highest BCUT2D eigenvalue weighted by Gasteiger charge is 2.46. The zero-order valence-corrected chi connectivity index (χ0v) is 13.6. The van der Waals surface area contributed by atoms with E-state index in [1.54, 1.807) is 0 Å². The molecule has 1 aliphatic heterocycles. The molecule has 114 valence electrons. The van der Waals surface area contributed by atoms with Crippen LogP contribution in [0.25, 0.3) is 0 Å². The molecule has 1 N–H and O–H groups in total. The Bertz CT molecular complexity index is 276. The van der Waals surface area contributed by atoms with Gasteiger partial charge in [0.25, 0.3) is 0 Å². The lowest BCUT2D eigenvalue weighted by Gasteiger charge is -2.52. The third-order valence-corrected chi connectivity index (χ3v) is 3.41. The first-order valence-electron chi connectivity index (χ1n) is 7.19. The number of piperidine rings is 1. The molecule has 1 rings (SSSR count). The smallest absolute Gasteiger partial charge is 0.0919 e. The van der Waals surface area contributed by atoms with E-state index in [1.165, 1.54) is 0 Å². The lowest BCUT2D eigenvalue weighted by molar-refractivity contribution is -0.297. The zero-order chi connectivity index (χ0) is 14.9. The van der Waals surface area contributed by atoms with Gasteiger partial charge in [0, 0.05) is 11.1 Å². The molecule has 0 radical (unpaired) electrons. The summed E-state index contributed by atoms with van der Waals surface area (Å²) in [6.07, 6.45) is 1.21. The summed E-state index contributed by atoms with van der Waals surface area (Å²) in [6, 6.07) is 0. The molecule has 0 aromatic heterocycles. The highest BCUT2D eigenvalue weighted by atomic mass is 16.7. The molecule has 0 spiro atoms. The lowest BCUT2D eigenvalue weighted by Crippen LogP contribution is -2.61. The van der Waals surface area contributed by atoms with Crippen molar-refractivity contribution in [1.29, 1.82) is 0 Å². The SMILES string of the molecule is CC(C)(C)OCCON1C(C)(C)CC(O)CC1(C)C. The lowest BCUT2D eigenvalue weighted by atomic mass is 9.80. The number of aliphatic hydroxyl groups is 1. The minimum atomic E-state index is -0.254. The second kappa shape index (κ2) is 5.68. The van der Waals surface area contributed by atoms with Crippen LogP contribution in [0.15, 0.2) is 0 Å². The van der Waals surface area contributed by atoms with Crippen molar-refractivity contribution in [2.75, 3.05) is 13.2 Å². The molecule has 0 saturated carbocycles. The third-order valence-electron chi connectivity index (χ3n) is 3.41. The van der Waals surface area contributed by atoms with Gasteiger partial charge in [0.2, 0.25) is 0 Å². The molecule has 4 nitrogen and oxygen atoms in total. The highest BCUT2D eigenvalue weighted by Crippen LogP contribution is 2.38. The number of hydrogen-bond acceptors (Lipinski definition) is 4. The van der Waals surface area contributed by atoms with Crippen molar-refractivity contribution in [2.24, 2.45) is 0 Å². The predicted octanol–water partition coefficient (Wildman–Crippen LogP) is 2.75. The van der Waals surface area contributed by atoms with Gasteiger partial charge in [-0.2, -0.15) is 5.06 Å². The number of hydroxylamine groups is 2. The first kappa shape index (κ1) is 16.9. The van der Waals surface area contributed by atoms with E-state index < -0.39 is 0 Å². The molecule has 0 aromatic rings. The average Bonchev–Trinajstić information content (AvgIpc) is 2.10. The summed E-state index contributed by atoms with van der Waals surface area (Å²) in [5.74, 6) is 0. The number of aliphatic hydroxyl groups excluding tert-OH is 1. The van der Waals surface area contributed by atoms with Crippen LogP contribution in [0.2, 0.25) is 0 Å². The van der Waals surface area contributed by atoms with Crippen molar-refractivity contribution in [3.63, 3.8) is 0 Å². The molecule has 0 amide bonds. The van der Waals surface area contributed by atoms with Gasteiger partial charge < -0.3 is 9.84 Å². The van der Waals surface area contributed by atoms with Crippen molar-refractivity contribution in [3.05, 3.63) is 0 Å². The fraction of sp³-hybridized carbons (Fsp3) is 1.00. The first-order chi connectivity index (χ1) is 8.44. The van der Waals surface area contributed by atoms with Gasteiger partial charge >= 0.3 is 0 Å². The third kappa shape index (κ3) is 5.03. The fourth-order valence-corrected chi connectivity index (χ4v) is 3.04. The number of hydrogen-bond donors (Lipinski definition) is 1. The van der Waals surface area contributed by atoms with E-state index in [1.807, 2.05) is 25.8 Å². The highest BCUT2D eigenvalue weighted by molar-refractivity contribution is 4.96. The molecule has 0 bridgehead atoms. The summed E-state index contributed by atoms with van der Waals surface area (Å²) >= 11 is 0. The van der Waals surface area contributed by atoms with Crippen molar-refractivity contribution in [1.82, 2.24) is 5.06 Å². The molecular weight excluding hydrogens is 242 g/mol. The first-order valence-corrected chi connectivity index (χ1v) is 7.19. The van der Waals surface area contributed by atoms with Gasteiger partial charge in [-0.25, -0.2) is 0 Å². The van der Waals surface area contributed by atoms with E-state index in [4.69, 9.17) is 9.57 Å². The van der Waals surface area contributed by atoms with Crippen LogP contribution in [0.5, 0.6) is 0 Å². The van der Waals surface area contributed by atoms with Crippen molar-refractivity contribution in [2.45, 2.75) is 84.1 Å². The van der Waals surface area contributed by atoms with E-state index in [2.05, 4.69) is 27.7 Å². The van der Waals surface area contributed by atoms with E-state index in [9.17, 15) is 5.11 Å². The van der Waals surface area contributed by atoms with Crippen LogP contribution in [0.1, 0.15) is 61.3 Å². The minimum Gasteiger partial charge on any atom is -0.393 e. The summed E-state index contributed by atoms with van der Waals surface area (Å²) in [5.41, 5.74) is -0.460. The second-order valence-electron chi connectivity index (χ2n) is 7.78. The Morgan fingerprint density at radius 3 is 1.95 bits per heavy atom. The summed E-state index contributed by atoms with van der Waals surface area (Å²) in [6.45, 7) is 15.7. The number of ether oxygens (including phenoxy) is 1. The monoisotopic (exact) mass is 273 g/mol. The summed E-state index contributed by atoms with van der Waals surface area (Å²) in [4.78, 5) is 5.95. The predicted molar refractivity (Wildman–Crippen MR) is 76.9 cm³/mol. The van der Waals surface area contributed by atoms with Crippen LogP contribution in [-0.2, 0) is 9.57 Å². The Kier molecular flexibility index (Phi) is 5.05. The van der Waals surface area contributed by atoms with Crippen molar-refractivity contribution >= 4 is 0 Å². The standard InChI is InChI=1S/C15H31NO3/c1-13(2,3)18-8-9-19-16-14(4,5)10-12(17)11-15(16,6)7/h12,17H,8-11H2,1-7H3. The van der Waals surface area contributed by atoms with Gasteiger partial charge in [0.15, 0.2) is 0 Å². The van der Waals surface area contributed by atoms with Gasteiger partial charge in [-0.05, 0) is 61.3 Å². The van der Waals surface area contributed by atoms with Gasteiger partial charge in [0.1, 0.15) is 0 Å². The average molecular weight is 273 g/mol. The largest absolute Gasteiger partial charge is 0.393 e. The molecule has 1 fully saturated rings. The molecule has 0 aromatic carbocycles. The maximum absolute atomic E-state index is 9.97. The van der Waals surface area contributed by atoms with Crippen LogP contribution in [-0.4, -0.2) is 46.2 Å². The van der Waals surface area contributed by atoms with E-state index in [0.717, 1.165) is 12.8 Å². The number of rotatable bonds is 4. The molecule has 0 atom stereocenters. The Morgan fingerprint density at radius 1 is 1.05 bits per heavy atom. The van der Waals surface area contributed by atoms with Crippen LogP contribution in [0, 0.1) is 0 Å². The van der Waals surface area contributed by atoms with Gasteiger partial charge in [-0.3, -0.25) is 4.84 Å². The molecule has 1 saturated heterocycles. The molecule has 1 aliphatic rings. The Balaban J connectivity index is 2.54. The van der Waals surface area contributed by atoms with Gasteiger partial charge in [-0.1, -0.05) is 0 Å². The fourth-order valence-electron chi connectivity index (χ4n) is 3.04. The van der Waals surface area contributed by atoms with Crippen LogP contribution in [0.3, 0.4) is 0 Å². The molecule has 0 aliphatic carbocycles. The maximum Gasteiger partial charge on any atom is 0.0919 e. The summed E-state index contributed by atoms with van der Waals surface area (Å²) < 4.78 is 5.68. The number of nitrogens with zero attached hydrogens (tertiary/aromatic N) is 1. The van der Waals surface area contributed by atoms with Gasteiger partial charge in [-0.15, -0.1) is 0 Å². The van der Waals surface area contributed by atoms with Crippen molar-refractivity contribution < 1.29 is 14.7 Å². The second-order valence-corrected chi connectivity index (χ2v) is 7.78. The summed E-state index contributed by atoms with van der Waals surface area (Å²) in [5, 5.41) is 12.0. The maximum atomic E-state index is 9.97. The Labute approximate surface area is 118 Å². The van der Waals surface area contributed by atoms with Crippen LogP contribution >= 0.6 is 0 Å². The van der Waals surface area contributed by atoms with E-state index >= 15 is 0 Å². The molecule has 4 heteroatoms. The van der Waals surface area contributed by atoms with Crippen LogP contribution < -0.4 is 0 Å². The topological polar surface area (TPSA) is 41.9 Å². The van der Waals surface area contributed by atoms with Gasteiger partial charge in [0.05, 0.1) is 24.9 Å². The van der Waals surface area contributed by atoms with E-state index in [-0.39, 0.29) is 22.8 Å². The molecular formula is C15H31NO3.